The number of piperidine rings is 1. The Hall–Kier alpha value is -3.11. The van der Waals surface area contributed by atoms with E-state index >= 15 is 0 Å². The largest absolute Gasteiger partial charge is 0.494 e. The first kappa shape index (κ1) is 23.1. The van der Waals surface area contributed by atoms with Gasteiger partial charge in [-0.1, -0.05) is 42.5 Å². The van der Waals surface area contributed by atoms with Gasteiger partial charge in [0.2, 0.25) is 5.91 Å². The van der Waals surface area contributed by atoms with Crippen LogP contribution in [0.5, 0.6) is 5.75 Å². The molecule has 0 bridgehead atoms. The van der Waals surface area contributed by atoms with Crippen molar-refractivity contribution in [1.29, 1.82) is 0 Å². The summed E-state index contributed by atoms with van der Waals surface area (Å²) in [6.07, 6.45) is 3.43. The Morgan fingerprint density at radius 1 is 0.970 bits per heavy atom. The van der Waals surface area contributed by atoms with Gasteiger partial charge in [-0.05, 0) is 104 Å². The fraction of sp³-hybridized carbons (Fsp3) is 0.345. The van der Waals surface area contributed by atoms with Gasteiger partial charge in [-0.15, -0.1) is 0 Å². The van der Waals surface area contributed by atoms with Gasteiger partial charge in [-0.3, -0.25) is 4.79 Å². The lowest BCUT2D eigenvalue weighted by molar-refractivity contribution is -0.116. The van der Waals surface area contributed by atoms with E-state index in [-0.39, 0.29) is 5.91 Å². The van der Waals surface area contributed by atoms with Crippen LogP contribution < -0.4 is 15.4 Å². The number of carbonyl (C=O) groups is 1. The topological polar surface area (TPSA) is 50.4 Å². The summed E-state index contributed by atoms with van der Waals surface area (Å²) < 4.78 is 5.86. The second kappa shape index (κ2) is 11.2. The maximum Gasteiger partial charge on any atom is 0.224 e. The molecule has 3 aromatic rings. The molecule has 0 radical (unpaired) electrons. The van der Waals surface area contributed by atoms with E-state index in [0.717, 1.165) is 37.4 Å². The van der Waals surface area contributed by atoms with Crippen LogP contribution in [-0.2, 0) is 4.79 Å². The summed E-state index contributed by atoms with van der Waals surface area (Å²) in [5.41, 5.74) is 7.25. The third-order valence-corrected chi connectivity index (χ3v) is 6.47. The van der Waals surface area contributed by atoms with Crippen LogP contribution in [-0.4, -0.2) is 25.6 Å². The molecule has 0 saturated carbocycles. The van der Waals surface area contributed by atoms with Crippen molar-refractivity contribution in [3.63, 3.8) is 0 Å². The molecule has 1 amide bonds. The van der Waals surface area contributed by atoms with Crippen molar-refractivity contribution < 1.29 is 9.53 Å². The summed E-state index contributed by atoms with van der Waals surface area (Å²) in [6.45, 7) is 6.93. The lowest BCUT2D eigenvalue weighted by Crippen LogP contribution is -2.27. The van der Waals surface area contributed by atoms with Crippen LogP contribution in [0.4, 0.5) is 5.69 Å². The number of rotatable bonds is 8. The average molecular weight is 443 g/mol. The second-order valence-corrected chi connectivity index (χ2v) is 8.94. The molecule has 4 nitrogen and oxygen atoms in total. The van der Waals surface area contributed by atoms with Crippen molar-refractivity contribution in [2.24, 2.45) is 0 Å². The Kier molecular flexibility index (Phi) is 7.79. The van der Waals surface area contributed by atoms with Gasteiger partial charge in [0.05, 0.1) is 6.61 Å². The Morgan fingerprint density at radius 2 is 1.73 bits per heavy atom. The van der Waals surface area contributed by atoms with Crippen molar-refractivity contribution in [2.45, 2.75) is 45.4 Å². The van der Waals surface area contributed by atoms with E-state index < -0.39 is 0 Å². The highest BCUT2D eigenvalue weighted by atomic mass is 16.5. The van der Waals surface area contributed by atoms with E-state index in [9.17, 15) is 4.79 Å². The highest BCUT2D eigenvalue weighted by Gasteiger charge is 2.17. The van der Waals surface area contributed by atoms with Crippen LogP contribution in [0.3, 0.4) is 0 Å². The van der Waals surface area contributed by atoms with Crippen LogP contribution in [0, 0.1) is 13.8 Å². The third-order valence-electron chi connectivity index (χ3n) is 6.47. The second-order valence-electron chi connectivity index (χ2n) is 8.94. The quantitative estimate of drug-likeness (QED) is 0.406. The first-order valence-corrected chi connectivity index (χ1v) is 12.0. The smallest absolute Gasteiger partial charge is 0.224 e. The Morgan fingerprint density at radius 3 is 2.48 bits per heavy atom. The standard InChI is InChI=1S/C29H34N2O2/c1-21-6-3-4-7-27(21)23-10-13-26(14-11-23)33-19-5-8-29(32)31-25-12-9-22(2)28(20-25)24-15-17-30-18-16-24/h3-4,6-7,9-14,20,24,30H,5,8,15-19H2,1-2H3,(H,31,32). The van der Waals surface area contributed by atoms with Gasteiger partial charge in [0.15, 0.2) is 0 Å². The summed E-state index contributed by atoms with van der Waals surface area (Å²) >= 11 is 0. The molecule has 0 unspecified atom stereocenters. The predicted molar refractivity (Wildman–Crippen MR) is 136 cm³/mol. The Labute approximate surface area is 197 Å². The van der Waals surface area contributed by atoms with Crippen LogP contribution in [0.15, 0.2) is 66.7 Å². The lowest BCUT2D eigenvalue weighted by Gasteiger charge is -2.25. The van der Waals surface area contributed by atoms with Gasteiger partial charge < -0.3 is 15.4 Å². The Balaban J connectivity index is 1.23. The average Bonchev–Trinajstić information content (AvgIpc) is 2.84. The zero-order valence-corrected chi connectivity index (χ0v) is 19.7. The molecule has 0 spiro atoms. The molecule has 1 aliphatic heterocycles. The zero-order valence-electron chi connectivity index (χ0n) is 19.7. The first-order chi connectivity index (χ1) is 16.1. The maximum atomic E-state index is 12.5. The molecule has 4 heteroatoms. The first-order valence-electron chi connectivity index (χ1n) is 12.0. The van der Waals surface area contributed by atoms with Crippen LogP contribution >= 0.6 is 0 Å². The number of nitrogens with one attached hydrogen (secondary N) is 2. The fourth-order valence-electron chi connectivity index (χ4n) is 4.56. The molecule has 4 rings (SSSR count). The van der Waals surface area contributed by atoms with Gasteiger partial charge >= 0.3 is 0 Å². The van der Waals surface area contributed by atoms with Gasteiger partial charge in [-0.25, -0.2) is 0 Å². The summed E-state index contributed by atoms with van der Waals surface area (Å²) in [6, 6.07) is 22.8. The van der Waals surface area contributed by atoms with Crippen molar-refractivity contribution in [1.82, 2.24) is 5.32 Å². The molecule has 1 fully saturated rings. The minimum atomic E-state index is 0.0358. The van der Waals surface area contributed by atoms with Crippen molar-refractivity contribution in [3.8, 4) is 16.9 Å². The summed E-state index contributed by atoms with van der Waals surface area (Å²) in [4.78, 5) is 12.5. The van der Waals surface area contributed by atoms with E-state index in [1.54, 1.807) is 0 Å². The number of hydrogen-bond donors (Lipinski definition) is 2. The fourth-order valence-corrected chi connectivity index (χ4v) is 4.56. The molecule has 3 aromatic carbocycles. The predicted octanol–water partition coefficient (Wildman–Crippen LogP) is 6.24. The molecule has 0 aliphatic carbocycles. The number of aryl methyl sites for hydroxylation is 2. The SMILES string of the molecule is Cc1ccccc1-c1ccc(OCCCC(=O)Nc2ccc(C)c(C3CCNCC3)c2)cc1. The molecule has 1 aliphatic rings. The van der Waals surface area contributed by atoms with Crippen LogP contribution in [0.2, 0.25) is 0 Å². The number of hydrogen-bond acceptors (Lipinski definition) is 3. The van der Waals surface area contributed by atoms with Gasteiger partial charge in [0, 0.05) is 12.1 Å². The normalized spacial score (nSPS) is 14.1. The van der Waals surface area contributed by atoms with Gasteiger partial charge in [0.1, 0.15) is 5.75 Å². The van der Waals surface area contributed by atoms with Crippen molar-refractivity contribution in [3.05, 3.63) is 83.4 Å². The van der Waals surface area contributed by atoms with E-state index in [1.165, 1.54) is 27.8 Å². The van der Waals surface area contributed by atoms with E-state index in [2.05, 4.69) is 73.0 Å². The molecular weight excluding hydrogens is 408 g/mol. The number of benzene rings is 3. The zero-order chi connectivity index (χ0) is 23.0. The van der Waals surface area contributed by atoms with E-state index in [4.69, 9.17) is 4.74 Å². The molecule has 1 saturated heterocycles. The highest BCUT2D eigenvalue weighted by molar-refractivity contribution is 5.90. The van der Waals surface area contributed by atoms with Gasteiger partial charge in [-0.2, -0.15) is 0 Å². The molecule has 0 atom stereocenters. The monoisotopic (exact) mass is 442 g/mol. The third kappa shape index (κ3) is 6.23. The molecule has 2 N–H and O–H groups in total. The molecule has 172 valence electrons. The lowest BCUT2D eigenvalue weighted by atomic mass is 9.87. The van der Waals surface area contributed by atoms with Crippen molar-refractivity contribution in [2.75, 3.05) is 25.0 Å². The van der Waals surface area contributed by atoms with Crippen LogP contribution in [0.25, 0.3) is 11.1 Å². The summed E-state index contributed by atoms with van der Waals surface area (Å²) in [7, 11) is 0. The molecule has 1 heterocycles. The van der Waals surface area contributed by atoms with E-state index in [1.807, 2.05) is 18.2 Å². The summed E-state index contributed by atoms with van der Waals surface area (Å²) in [5.74, 6) is 1.44. The number of amides is 1. The molecular formula is C29H34N2O2. The Bertz CT molecular complexity index is 1070. The molecule has 0 aromatic heterocycles. The molecule has 33 heavy (non-hydrogen) atoms. The van der Waals surface area contributed by atoms with Crippen molar-refractivity contribution >= 4 is 11.6 Å². The number of carbonyl (C=O) groups excluding carboxylic acids is 1. The number of ether oxygens (including phenoxy) is 1. The highest BCUT2D eigenvalue weighted by Crippen LogP contribution is 2.30. The van der Waals surface area contributed by atoms with Crippen LogP contribution in [0.1, 0.15) is 48.3 Å². The minimum absolute atomic E-state index is 0.0358. The number of anilines is 1. The summed E-state index contributed by atoms with van der Waals surface area (Å²) in [5, 5.41) is 6.49. The van der Waals surface area contributed by atoms with E-state index in [0.29, 0.717) is 25.4 Å². The van der Waals surface area contributed by atoms with Gasteiger partial charge in [0.25, 0.3) is 0 Å². The maximum absolute atomic E-state index is 12.5. The minimum Gasteiger partial charge on any atom is -0.494 e.